The lowest BCUT2D eigenvalue weighted by molar-refractivity contribution is -0.117. The molecule has 0 spiro atoms. The second kappa shape index (κ2) is 8.82. The van der Waals surface area contributed by atoms with Crippen LogP contribution in [0.2, 0.25) is 5.02 Å². The van der Waals surface area contributed by atoms with Crippen LogP contribution in [0.25, 0.3) is 0 Å². The van der Waals surface area contributed by atoms with Crippen LogP contribution in [0, 0.1) is 5.41 Å². The molecule has 1 aromatic carbocycles. The van der Waals surface area contributed by atoms with Gasteiger partial charge in [-0.25, -0.2) is 5.48 Å². The van der Waals surface area contributed by atoms with Gasteiger partial charge in [-0.15, -0.1) is 0 Å². The van der Waals surface area contributed by atoms with E-state index in [1.54, 1.807) is 23.8 Å². The average Bonchev–Trinajstić information content (AvgIpc) is 2.72. The van der Waals surface area contributed by atoms with E-state index in [2.05, 4.69) is 9.88 Å². The fourth-order valence-electron chi connectivity index (χ4n) is 3.73. The zero-order chi connectivity index (χ0) is 20.1. The molecule has 0 aliphatic heterocycles. The van der Waals surface area contributed by atoms with E-state index in [1.807, 2.05) is 25.2 Å². The lowest BCUT2D eigenvalue weighted by Crippen LogP contribution is -2.35. The number of rotatable bonds is 7. The van der Waals surface area contributed by atoms with E-state index < -0.39 is 11.3 Å². The highest BCUT2D eigenvalue weighted by Gasteiger charge is 2.34. The number of hydroxylamine groups is 1. The molecule has 2 N–H and O–H groups in total. The number of hydrogen-bond acceptors (Lipinski definition) is 5. The Balaban J connectivity index is 1.66. The number of nitrogens with one attached hydrogen (secondary N) is 1. The Morgan fingerprint density at radius 3 is 2.86 bits per heavy atom. The number of aromatic nitrogens is 1. The van der Waals surface area contributed by atoms with Crippen molar-refractivity contribution in [3.8, 4) is 0 Å². The van der Waals surface area contributed by atoms with Gasteiger partial charge in [-0.05, 0) is 74.7 Å². The van der Waals surface area contributed by atoms with Gasteiger partial charge in [0.05, 0.1) is 10.7 Å². The number of halogens is 1. The van der Waals surface area contributed by atoms with Crippen LogP contribution in [0.15, 0.2) is 36.5 Å². The average molecular weight is 402 g/mol. The standard InChI is InChI=1S/C21H24ClN3O3/c1-25(13-19-5-4-18(22)12-23-19)9-8-21(14-26)7-6-15-2-3-16(20(27)24-28)10-17(15)11-21/h2-5,10,12,14,28H,6-9,11,13H2,1H3,(H,24,27)/t21-/m1/s1. The lowest BCUT2D eigenvalue weighted by Gasteiger charge is -2.35. The van der Waals surface area contributed by atoms with E-state index in [0.29, 0.717) is 23.6 Å². The molecule has 7 heteroatoms. The molecule has 3 rings (SSSR count). The molecule has 0 bridgehead atoms. The van der Waals surface area contributed by atoms with Gasteiger partial charge < -0.3 is 9.69 Å². The minimum Gasteiger partial charge on any atom is -0.303 e. The van der Waals surface area contributed by atoms with Crippen molar-refractivity contribution in [3.05, 3.63) is 63.9 Å². The predicted octanol–water partition coefficient (Wildman–Crippen LogP) is 3.05. The molecular weight excluding hydrogens is 378 g/mol. The smallest absolute Gasteiger partial charge is 0.274 e. The maximum absolute atomic E-state index is 12.0. The van der Waals surface area contributed by atoms with Crippen LogP contribution in [-0.2, 0) is 24.2 Å². The summed E-state index contributed by atoms with van der Waals surface area (Å²) in [4.78, 5) is 30.2. The summed E-state index contributed by atoms with van der Waals surface area (Å²) in [6, 6.07) is 9.11. The summed E-state index contributed by atoms with van der Waals surface area (Å²) in [5.74, 6) is -0.541. The number of hydrogen-bond donors (Lipinski definition) is 2. The van der Waals surface area contributed by atoms with Gasteiger partial charge in [0, 0.05) is 23.7 Å². The normalized spacial score (nSPS) is 18.6. The van der Waals surface area contributed by atoms with E-state index in [9.17, 15) is 9.59 Å². The Morgan fingerprint density at radius 2 is 2.18 bits per heavy atom. The highest BCUT2D eigenvalue weighted by molar-refractivity contribution is 6.30. The summed E-state index contributed by atoms with van der Waals surface area (Å²) in [6.07, 6.45) is 5.64. The molecule has 2 aromatic rings. The number of amides is 1. The SMILES string of the molecule is CN(CC[C@]1(C=O)CCc2ccc(C(=O)NO)cc2C1)Cc1ccc(Cl)cn1. The third kappa shape index (κ3) is 4.76. The number of pyridine rings is 1. The molecule has 0 unspecified atom stereocenters. The van der Waals surface area contributed by atoms with Crippen molar-refractivity contribution in [2.24, 2.45) is 5.41 Å². The summed E-state index contributed by atoms with van der Waals surface area (Å²) in [5.41, 5.74) is 4.71. The Hall–Kier alpha value is -2.28. The molecule has 0 saturated heterocycles. The molecular formula is C21H24ClN3O3. The van der Waals surface area contributed by atoms with Gasteiger partial charge in [-0.2, -0.15) is 0 Å². The van der Waals surface area contributed by atoms with Gasteiger partial charge in [0.25, 0.3) is 5.91 Å². The van der Waals surface area contributed by atoms with E-state index in [-0.39, 0.29) is 0 Å². The van der Waals surface area contributed by atoms with Gasteiger partial charge in [0.15, 0.2) is 0 Å². The number of carbonyl (C=O) groups excluding carboxylic acids is 2. The molecule has 1 aliphatic carbocycles. The van der Waals surface area contributed by atoms with Gasteiger partial charge in [-0.1, -0.05) is 17.7 Å². The molecule has 0 fully saturated rings. The predicted molar refractivity (Wildman–Crippen MR) is 106 cm³/mol. The Morgan fingerprint density at radius 1 is 1.36 bits per heavy atom. The molecule has 1 aromatic heterocycles. The Bertz CT molecular complexity index is 856. The minimum absolute atomic E-state index is 0.397. The first kappa shape index (κ1) is 20.5. The summed E-state index contributed by atoms with van der Waals surface area (Å²) in [7, 11) is 2.01. The minimum atomic E-state index is -0.541. The molecule has 0 saturated carbocycles. The van der Waals surface area contributed by atoms with Crippen LogP contribution < -0.4 is 5.48 Å². The quantitative estimate of drug-likeness (QED) is 0.423. The van der Waals surface area contributed by atoms with E-state index >= 15 is 0 Å². The number of aldehydes is 1. The summed E-state index contributed by atoms with van der Waals surface area (Å²) in [6.45, 7) is 1.44. The second-order valence-corrected chi connectivity index (χ2v) is 7.97. The van der Waals surface area contributed by atoms with Crippen LogP contribution in [0.4, 0.5) is 0 Å². The van der Waals surface area contributed by atoms with Crippen molar-refractivity contribution in [2.75, 3.05) is 13.6 Å². The molecule has 0 radical (unpaired) electrons. The number of fused-ring (bicyclic) bond motifs is 1. The van der Waals surface area contributed by atoms with Gasteiger partial charge in [0.1, 0.15) is 6.29 Å². The third-order valence-corrected chi connectivity index (χ3v) is 5.69. The topological polar surface area (TPSA) is 82.5 Å². The van der Waals surface area contributed by atoms with E-state index in [0.717, 1.165) is 48.9 Å². The van der Waals surface area contributed by atoms with Gasteiger partial charge in [0.2, 0.25) is 0 Å². The Kier molecular flexibility index (Phi) is 6.44. The highest BCUT2D eigenvalue weighted by atomic mass is 35.5. The second-order valence-electron chi connectivity index (χ2n) is 7.54. The first-order valence-corrected chi connectivity index (χ1v) is 9.64. The Labute approximate surface area is 169 Å². The van der Waals surface area contributed by atoms with Crippen LogP contribution in [0.1, 0.15) is 40.0 Å². The van der Waals surface area contributed by atoms with E-state index in [4.69, 9.17) is 16.8 Å². The zero-order valence-corrected chi connectivity index (χ0v) is 16.6. The summed E-state index contributed by atoms with van der Waals surface area (Å²) in [5, 5.41) is 9.46. The maximum Gasteiger partial charge on any atom is 0.274 e. The summed E-state index contributed by atoms with van der Waals surface area (Å²) < 4.78 is 0. The van der Waals surface area contributed by atoms with Crippen LogP contribution in [0.3, 0.4) is 0 Å². The molecule has 1 amide bonds. The first-order valence-electron chi connectivity index (χ1n) is 9.26. The molecule has 28 heavy (non-hydrogen) atoms. The van der Waals surface area contributed by atoms with Crippen molar-refractivity contribution >= 4 is 23.8 Å². The maximum atomic E-state index is 12.0. The van der Waals surface area contributed by atoms with Crippen LogP contribution >= 0.6 is 11.6 Å². The van der Waals surface area contributed by atoms with Crippen LogP contribution in [-0.4, -0.2) is 40.9 Å². The first-order chi connectivity index (χ1) is 13.4. The molecule has 6 nitrogen and oxygen atoms in total. The van der Waals surface area contributed by atoms with Gasteiger partial charge >= 0.3 is 0 Å². The van der Waals surface area contributed by atoms with Gasteiger partial charge in [-0.3, -0.25) is 15.0 Å². The van der Waals surface area contributed by atoms with Crippen molar-refractivity contribution in [3.63, 3.8) is 0 Å². The monoisotopic (exact) mass is 401 g/mol. The fraction of sp³-hybridized carbons (Fsp3) is 0.381. The zero-order valence-electron chi connectivity index (χ0n) is 15.8. The molecule has 1 aliphatic rings. The fourth-order valence-corrected chi connectivity index (χ4v) is 3.85. The molecule has 1 atom stereocenters. The van der Waals surface area contributed by atoms with Crippen LogP contribution in [0.5, 0.6) is 0 Å². The van der Waals surface area contributed by atoms with Crippen molar-refractivity contribution in [1.82, 2.24) is 15.4 Å². The molecule has 1 heterocycles. The van der Waals surface area contributed by atoms with Crippen molar-refractivity contribution in [2.45, 2.75) is 32.2 Å². The lowest BCUT2D eigenvalue weighted by atomic mass is 9.70. The highest BCUT2D eigenvalue weighted by Crippen LogP contribution is 2.37. The summed E-state index contributed by atoms with van der Waals surface area (Å²) >= 11 is 5.88. The number of benzene rings is 1. The molecule has 148 valence electrons. The van der Waals surface area contributed by atoms with E-state index in [1.165, 1.54) is 0 Å². The number of carbonyl (C=O) groups is 2. The van der Waals surface area contributed by atoms with Crippen molar-refractivity contribution < 1.29 is 14.8 Å². The number of aryl methyl sites for hydroxylation is 1. The third-order valence-electron chi connectivity index (χ3n) is 5.47. The number of nitrogens with zero attached hydrogens (tertiary/aromatic N) is 2. The van der Waals surface area contributed by atoms with Crippen molar-refractivity contribution in [1.29, 1.82) is 0 Å². The largest absolute Gasteiger partial charge is 0.303 e.